The van der Waals surface area contributed by atoms with E-state index in [1.54, 1.807) is 42.7 Å². The first kappa shape index (κ1) is 26.0. The molecule has 0 N–H and O–H groups in total. The van der Waals surface area contributed by atoms with Gasteiger partial charge in [-0.2, -0.15) is 18.3 Å². The minimum Gasteiger partial charge on any atom is -0.334 e. The second kappa shape index (κ2) is 10.9. The Bertz CT molecular complexity index is 1340. The van der Waals surface area contributed by atoms with Gasteiger partial charge in [0.25, 0.3) is 5.91 Å². The zero-order valence-corrected chi connectivity index (χ0v) is 20.8. The number of hydrogen-bond donors (Lipinski definition) is 0. The number of rotatable bonds is 7. The fourth-order valence-electron chi connectivity index (χ4n) is 3.71. The molecule has 11 heteroatoms. The summed E-state index contributed by atoms with van der Waals surface area (Å²) in [6.45, 7) is 0.112. The number of halogens is 6. The highest BCUT2D eigenvalue weighted by atomic mass is 35.5. The van der Waals surface area contributed by atoms with Crippen LogP contribution in [0.4, 0.5) is 13.2 Å². The summed E-state index contributed by atoms with van der Waals surface area (Å²) in [5.74, 6) is -0.831. The van der Waals surface area contributed by atoms with Gasteiger partial charge in [0.15, 0.2) is 5.69 Å². The summed E-state index contributed by atoms with van der Waals surface area (Å²) in [4.78, 5) is 18.8. The van der Waals surface area contributed by atoms with Crippen molar-refractivity contribution in [3.05, 3.63) is 111 Å². The molecule has 0 aliphatic rings. The summed E-state index contributed by atoms with van der Waals surface area (Å²) < 4.78 is 43.3. The summed E-state index contributed by atoms with van der Waals surface area (Å²) in [7, 11) is 0. The van der Waals surface area contributed by atoms with Crippen LogP contribution in [0.25, 0.3) is 5.69 Å². The molecule has 0 radical (unpaired) electrons. The highest BCUT2D eigenvalue weighted by molar-refractivity contribution is 6.36. The van der Waals surface area contributed by atoms with Gasteiger partial charge in [0.2, 0.25) is 0 Å². The van der Waals surface area contributed by atoms with Gasteiger partial charge in [-0.1, -0.05) is 40.9 Å². The van der Waals surface area contributed by atoms with Crippen LogP contribution in [0.5, 0.6) is 0 Å². The van der Waals surface area contributed by atoms with Gasteiger partial charge in [0.1, 0.15) is 0 Å². The lowest BCUT2D eigenvalue weighted by Gasteiger charge is -2.24. The summed E-state index contributed by atoms with van der Waals surface area (Å²) in [6, 6.07) is 14.1. The molecule has 5 nitrogen and oxygen atoms in total. The number of nitrogens with zero attached hydrogens (tertiary/aromatic N) is 4. The van der Waals surface area contributed by atoms with Crippen molar-refractivity contribution in [2.75, 3.05) is 6.54 Å². The maximum absolute atomic E-state index is 14.2. The average molecular weight is 554 g/mol. The van der Waals surface area contributed by atoms with Crippen LogP contribution in [0.2, 0.25) is 15.1 Å². The normalized spacial score (nSPS) is 11.5. The van der Waals surface area contributed by atoms with E-state index >= 15 is 0 Å². The molecule has 0 spiro atoms. The van der Waals surface area contributed by atoms with Gasteiger partial charge in [-0.15, -0.1) is 0 Å². The van der Waals surface area contributed by atoms with E-state index in [9.17, 15) is 18.0 Å². The Kier molecular flexibility index (Phi) is 7.88. The molecule has 4 aromatic rings. The quantitative estimate of drug-likeness (QED) is 0.245. The van der Waals surface area contributed by atoms with E-state index in [-0.39, 0.29) is 25.2 Å². The van der Waals surface area contributed by atoms with E-state index in [0.717, 1.165) is 6.20 Å². The number of carbonyl (C=O) groups is 1. The van der Waals surface area contributed by atoms with Crippen molar-refractivity contribution >= 4 is 40.7 Å². The van der Waals surface area contributed by atoms with Crippen LogP contribution < -0.4 is 0 Å². The summed E-state index contributed by atoms with van der Waals surface area (Å²) in [5.41, 5.74) is -0.333. The van der Waals surface area contributed by atoms with Crippen LogP contribution in [-0.2, 0) is 19.1 Å². The third kappa shape index (κ3) is 5.83. The summed E-state index contributed by atoms with van der Waals surface area (Å²) in [6.07, 6.45) is -0.593. The fourth-order valence-corrected chi connectivity index (χ4v) is 4.42. The summed E-state index contributed by atoms with van der Waals surface area (Å²) >= 11 is 18.4. The molecule has 0 saturated heterocycles. The molecule has 2 aromatic carbocycles. The van der Waals surface area contributed by atoms with Crippen LogP contribution in [0.3, 0.4) is 0 Å². The molecule has 4 rings (SSSR count). The van der Waals surface area contributed by atoms with Crippen LogP contribution in [0.1, 0.15) is 27.2 Å². The highest BCUT2D eigenvalue weighted by Crippen LogP contribution is 2.35. The van der Waals surface area contributed by atoms with Crippen molar-refractivity contribution in [2.45, 2.75) is 19.1 Å². The Morgan fingerprint density at radius 2 is 1.58 bits per heavy atom. The van der Waals surface area contributed by atoms with E-state index in [1.807, 2.05) is 0 Å². The first-order valence-corrected chi connectivity index (χ1v) is 11.8. The first-order valence-electron chi connectivity index (χ1n) is 10.7. The largest absolute Gasteiger partial charge is 0.434 e. The van der Waals surface area contributed by atoms with Crippen LogP contribution in [0.15, 0.2) is 73.2 Å². The molecule has 0 bridgehead atoms. The van der Waals surface area contributed by atoms with Crippen molar-refractivity contribution < 1.29 is 18.0 Å². The molecular weight excluding hydrogens is 536 g/mol. The van der Waals surface area contributed by atoms with Gasteiger partial charge >= 0.3 is 6.18 Å². The van der Waals surface area contributed by atoms with Gasteiger partial charge in [0.05, 0.1) is 17.4 Å². The van der Waals surface area contributed by atoms with Gasteiger partial charge < -0.3 is 4.90 Å². The zero-order chi connectivity index (χ0) is 25.9. The van der Waals surface area contributed by atoms with Crippen LogP contribution >= 0.6 is 34.8 Å². The minimum atomic E-state index is -4.85. The Morgan fingerprint density at radius 3 is 2.19 bits per heavy atom. The molecule has 2 heterocycles. The molecular formula is C25H18Cl3F3N4O. The first-order chi connectivity index (χ1) is 17.1. The fraction of sp³-hybridized carbons (Fsp3) is 0.160. The number of benzene rings is 2. The highest BCUT2D eigenvalue weighted by Gasteiger charge is 2.41. The molecule has 2 aromatic heterocycles. The lowest BCUT2D eigenvalue weighted by atomic mass is 10.1. The van der Waals surface area contributed by atoms with Crippen molar-refractivity contribution in [1.29, 1.82) is 0 Å². The minimum absolute atomic E-state index is 0.0485. The molecule has 0 atom stereocenters. The maximum atomic E-state index is 14.2. The zero-order valence-electron chi connectivity index (χ0n) is 18.5. The standard InChI is InChI=1S/C25H18Cl3F3N4O/c26-17-4-6-18(7-5-17)35-23(25(29,30)31)20(14-33-35)24(36)34(15-16-8-11-32-12-9-16)13-10-19-21(27)2-1-3-22(19)28/h1-9,11-12,14H,10,13,15H2. The molecule has 0 unspecified atom stereocenters. The van der Waals surface area contributed by atoms with E-state index in [0.29, 0.717) is 30.9 Å². The monoisotopic (exact) mass is 552 g/mol. The molecule has 0 fully saturated rings. The van der Waals surface area contributed by atoms with E-state index < -0.39 is 23.3 Å². The Balaban J connectivity index is 1.72. The maximum Gasteiger partial charge on any atom is 0.434 e. The number of hydrogen-bond acceptors (Lipinski definition) is 3. The molecule has 0 aliphatic carbocycles. The Hall–Kier alpha value is -3.07. The topological polar surface area (TPSA) is 51.0 Å². The summed E-state index contributed by atoms with van der Waals surface area (Å²) in [5, 5.41) is 5.07. The van der Waals surface area contributed by atoms with Crippen LogP contribution in [-0.4, -0.2) is 32.1 Å². The predicted molar refractivity (Wildman–Crippen MR) is 133 cm³/mol. The second-order valence-corrected chi connectivity index (χ2v) is 9.08. The molecule has 36 heavy (non-hydrogen) atoms. The molecule has 0 aliphatic heterocycles. The number of carbonyl (C=O) groups excluding carboxylic acids is 1. The Labute approximate surface area is 220 Å². The van der Waals surface area contributed by atoms with Crippen molar-refractivity contribution in [2.24, 2.45) is 0 Å². The van der Waals surface area contributed by atoms with Crippen molar-refractivity contribution in [3.8, 4) is 5.69 Å². The van der Waals surface area contributed by atoms with Gasteiger partial charge in [0, 0.05) is 40.6 Å². The number of alkyl halides is 3. The van der Waals surface area contributed by atoms with E-state index in [4.69, 9.17) is 34.8 Å². The lowest BCUT2D eigenvalue weighted by molar-refractivity contribution is -0.143. The third-order valence-corrected chi connectivity index (χ3v) is 6.40. The second-order valence-electron chi connectivity index (χ2n) is 7.83. The number of aromatic nitrogens is 3. The number of pyridine rings is 1. The van der Waals surface area contributed by atoms with Gasteiger partial charge in [-0.25, -0.2) is 4.68 Å². The smallest absolute Gasteiger partial charge is 0.334 e. The van der Waals surface area contributed by atoms with E-state index in [2.05, 4.69) is 10.1 Å². The molecule has 0 saturated carbocycles. The van der Waals surface area contributed by atoms with Gasteiger partial charge in [-0.05, 0) is 66.1 Å². The van der Waals surface area contributed by atoms with E-state index in [1.165, 1.54) is 29.2 Å². The average Bonchev–Trinajstić information content (AvgIpc) is 3.30. The number of amides is 1. The van der Waals surface area contributed by atoms with Crippen molar-refractivity contribution in [3.63, 3.8) is 0 Å². The lowest BCUT2D eigenvalue weighted by Crippen LogP contribution is -2.34. The third-order valence-electron chi connectivity index (χ3n) is 5.44. The van der Waals surface area contributed by atoms with Gasteiger partial charge in [-0.3, -0.25) is 9.78 Å². The molecule has 186 valence electrons. The molecule has 1 amide bonds. The predicted octanol–water partition coefficient (Wildman–Crippen LogP) is 7.13. The Morgan fingerprint density at radius 1 is 0.944 bits per heavy atom. The van der Waals surface area contributed by atoms with Crippen LogP contribution in [0, 0.1) is 0 Å². The SMILES string of the molecule is O=C(c1cnn(-c2ccc(Cl)cc2)c1C(F)(F)F)N(CCc1c(Cl)cccc1Cl)Cc1ccncc1. The van der Waals surface area contributed by atoms with Crippen molar-refractivity contribution in [1.82, 2.24) is 19.7 Å².